The molecule has 31 heavy (non-hydrogen) atoms. The molecule has 5 rings (SSSR count). The van der Waals surface area contributed by atoms with E-state index in [-0.39, 0.29) is 11.2 Å². The summed E-state index contributed by atoms with van der Waals surface area (Å²) < 4.78 is 2.26. The van der Waals surface area contributed by atoms with E-state index in [1.807, 2.05) is 49.4 Å². The maximum absolute atomic E-state index is 13.1. The molecule has 0 radical (unpaired) electrons. The summed E-state index contributed by atoms with van der Waals surface area (Å²) in [6, 6.07) is 18.5. The molecule has 2 fully saturated rings. The van der Waals surface area contributed by atoms with E-state index in [0.717, 1.165) is 53.9 Å². The van der Waals surface area contributed by atoms with Crippen LogP contribution in [0.5, 0.6) is 0 Å². The molecule has 7 heteroatoms. The van der Waals surface area contributed by atoms with E-state index in [0.29, 0.717) is 6.04 Å². The largest absolute Gasteiger partial charge is 0.341 e. The lowest BCUT2D eigenvalue weighted by molar-refractivity contribution is -0.115. The lowest BCUT2D eigenvalue weighted by Crippen LogP contribution is -2.24. The van der Waals surface area contributed by atoms with Crippen LogP contribution in [0.4, 0.5) is 11.6 Å². The van der Waals surface area contributed by atoms with Crippen molar-refractivity contribution in [3.05, 3.63) is 54.6 Å². The van der Waals surface area contributed by atoms with Crippen LogP contribution in [0, 0.1) is 0 Å². The Morgan fingerprint density at radius 1 is 1.03 bits per heavy atom. The molecule has 6 nitrogen and oxygen atoms in total. The molecule has 3 aromatic rings. The zero-order valence-electron chi connectivity index (χ0n) is 17.7. The number of nitrogens with zero attached hydrogens (tertiary/aromatic N) is 4. The Morgan fingerprint density at radius 3 is 2.48 bits per heavy atom. The Kier molecular flexibility index (Phi) is 5.68. The highest BCUT2D eigenvalue weighted by molar-refractivity contribution is 8.00. The standard InChI is InChI=1S/C24H27N5OS/c1-17(22(30)25-21-12-6-5-11-20(21)18-9-3-2-4-10-18)31-24-27-26-23(28-15-7-8-16-28)29(24)19-13-14-19/h2-6,9-12,17,19H,7-8,13-16H2,1H3,(H,25,30). The van der Waals surface area contributed by atoms with Crippen LogP contribution in [0.25, 0.3) is 11.1 Å². The second kappa shape index (κ2) is 8.75. The molecule has 2 aliphatic rings. The van der Waals surface area contributed by atoms with Crippen LogP contribution in [0.2, 0.25) is 0 Å². The van der Waals surface area contributed by atoms with Crippen LogP contribution in [0.1, 0.15) is 38.6 Å². The second-order valence-electron chi connectivity index (χ2n) is 8.24. The molecule has 0 spiro atoms. The van der Waals surface area contributed by atoms with E-state index < -0.39 is 0 Å². The maximum Gasteiger partial charge on any atom is 0.237 e. The van der Waals surface area contributed by atoms with Gasteiger partial charge < -0.3 is 10.2 Å². The third-order valence-corrected chi connectivity index (χ3v) is 6.93. The molecule has 0 bridgehead atoms. The zero-order valence-corrected chi connectivity index (χ0v) is 18.5. The highest BCUT2D eigenvalue weighted by atomic mass is 32.2. The lowest BCUT2D eigenvalue weighted by Gasteiger charge is -2.19. The van der Waals surface area contributed by atoms with Gasteiger partial charge in [0.2, 0.25) is 11.9 Å². The van der Waals surface area contributed by atoms with Crippen molar-refractivity contribution in [1.29, 1.82) is 0 Å². The van der Waals surface area contributed by atoms with E-state index in [2.05, 4.69) is 37.1 Å². The summed E-state index contributed by atoms with van der Waals surface area (Å²) >= 11 is 1.50. The minimum atomic E-state index is -0.281. The Hall–Kier alpha value is -2.80. The molecule has 1 saturated heterocycles. The molecule has 1 saturated carbocycles. The fraction of sp³-hybridized carbons (Fsp3) is 0.375. The summed E-state index contributed by atoms with van der Waals surface area (Å²) in [6.07, 6.45) is 4.74. The van der Waals surface area contributed by atoms with Crippen LogP contribution >= 0.6 is 11.8 Å². The Bertz CT molecular complexity index is 1060. The summed E-state index contributed by atoms with van der Waals surface area (Å²) in [6.45, 7) is 4.02. The number of thioether (sulfide) groups is 1. The van der Waals surface area contributed by atoms with Gasteiger partial charge >= 0.3 is 0 Å². The molecule has 2 aromatic carbocycles. The third kappa shape index (κ3) is 4.32. The Morgan fingerprint density at radius 2 is 1.74 bits per heavy atom. The Balaban J connectivity index is 1.32. The molecule has 1 N–H and O–H groups in total. The van der Waals surface area contributed by atoms with Crippen molar-refractivity contribution in [2.24, 2.45) is 0 Å². The van der Waals surface area contributed by atoms with E-state index >= 15 is 0 Å². The zero-order chi connectivity index (χ0) is 21.2. The SMILES string of the molecule is CC(Sc1nnc(N2CCCC2)n1C1CC1)C(=O)Nc1ccccc1-c1ccccc1. The van der Waals surface area contributed by atoms with Crippen molar-refractivity contribution < 1.29 is 4.79 Å². The van der Waals surface area contributed by atoms with Gasteiger partial charge in [-0.1, -0.05) is 60.3 Å². The van der Waals surface area contributed by atoms with Gasteiger partial charge in [-0.3, -0.25) is 9.36 Å². The molecule has 1 atom stereocenters. The van der Waals surface area contributed by atoms with Gasteiger partial charge in [0.1, 0.15) is 0 Å². The number of anilines is 2. The summed E-state index contributed by atoms with van der Waals surface area (Å²) in [4.78, 5) is 15.4. The first-order chi connectivity index (χ1) is 15.2. The molecular weight excluding hydrogens is 406 g/mol. The minimum absolute atomic E-state index is 0.0264. The quantitative estimate of drug-likeness (QED) is 0.531. The topological polar surface area (TPSA) is 63.1 Å². The molecule has 1 unspecified atom stereocenters. The van der Waals surface area contributed by atoms with Crippen LogP contribution in [0.15, 0.2) is 59.8 Å². The summed E-state index contributed by atoms with van der Waals surface area (Å²) in [5.41, 5.74) is 2.93. The van der Waals surface area contributed by atoms with E-state index in [1.54, 1.807) is 0 Å². The van der Waals surface area contributed by atoms with Crippen LogP contribution in [-0.2, 0) is 4.79 Å². The number of para-hydroxylation sites is 1. The van der Waals surface area contributed by atoms with Gasteiger partial charge in [-0.25, -0.2) is 0 Å². The van der Waals surface area contributed by atoms with Gasteiger partial charge in [0, 0.05) is 30.4 Å². The van der Waals surface area contributed by atoms with Gasteiger partial charge in [-0.2, -0.15) is 0 Å². The number of hydrogen-bond acceptors (Lipinski definition) is 5. The summed E-state index contributed by atoms with van der Waals surface area (Å²) in [5.74, 6) is 0.950. The van der Waals surface area contributed by atoms with Crippen LogP contribution in [0.3, 0.4) is 0 Å². The number of rotatable bonds is 7. The number of carbonyl (C=O) groups is 1. The summed E-state index contributed by atoms with van der Waals surface area (Å²) in [5, 5.41) is 12.7. The van der Waals surface area contributed by atoms with Crippen LogP contribution < -0.4 is 10.2 Å². The van der Waals surface area contributed by atoms with E-state index in [4.69, 9.17) is 0 Å². The van der Waals surface area contributed by atoms with Crippen molar-refractivity contribution >= 4 is 29.3 Å². The van der Waals surface area contributed by atoms with Crippen LogP contribution in [-0.4, -0.2) is 39.0 Å². The molecule has 1 aliphatic carbocycles. The van der Waals surface area contributed by atoms with E-state index in [9.17, 15) is 4.79 Å². The molecular formula is C24H27N5OS. The predicted molar refractivity (Wildman–Crippen MR) is 126 cm³/mol. The van der Waals surface area contributed by atoms with Crippen molar-refractivity contribution in [3.63, 3.8) is 0 Å². The molecule has 1 aromatic heterocycles. The molecule has 1 aliphatic heterocycles. The fourth-order valence-corrected chi connectivity index (χ4v) is 4.96. The Labute approximate surface area is 187 Å². The van der Waals surface area contributed by atoms with Crippen molar-refractivity contribution in [2.45, 2.75) is 49.1 Å². The highest BCUT2D eigenvalue weighted by Crippen LogP contribution is 2.42. The summed E-state index contributed by atoms with van der Waals surface area (Å²) in [7, 11) is 0. The smallest absolute Gasteiger partial charge is 0.237 e. The monoisotopic (exact) mass is 433 g/mol. The van der Waals surface area contributed by atoms with E-state index in [1.165, 1.54) is 24.6 Å². The van der Waals surface area contributed by atoms with Gasteiger partial charge in [0.05, 0.1) is 5.25 Å². The number of carbonyl (C=O) groups excluding carboxylic acids is 1. The van der Waals surface area contributed by atoms with Gasteiger partial charge in [-0.15, -0.1) is 10.2 Å². The second-order valence-corrected chi connectivity index (χ2v) is 9.55. The van der Waals surface area contributed by atoms with Gasteiger partial charge in [-0.05, 0) is 44.2 Å². The maximum atomic E-state index is 13.1. The first kappa shape index (κ1) is 20.1. The number of hydrogen-bond donors (Lipinski definition) is 1. The normalized spacial score (nSPS) is 17.0. The van der Waals surface area contributed by atoms with Crippen molar-refractivity contribution in [2.75, 3.05) is 23.3 Å². The fourth-order valence-electron chi connectivity index (χ4n) is 4.04. The average molecular weight is 434 g/mol. The first-order valence-electron chi connectivity index (χ1n) is 11.0. The number of nitrogens with one attached hydrogen (secondary N) is 1. The van der Waals surface area contributed by atoms with Crippen molar-refractivity contribution in [1.82, 2.24) is 14.8 Å². The number of aromatic nitrogens is 3. The third-order valence-electron chi connectivity index (χ3n) is 5.87. The van der Waals surface area contributed by atoms with Crippen molar-refractivity contribution in [3.8, 4) is 11.1 Å². The lowest BCUT2D eigenvalue weighted by atomic mass is 10.0. The highest BCUT2D eigenvalue weighted by Gasteiger charge is 2.33. The minimum Gasteiger partial charge on any atom is -0.341 e. The molecule has 160 valence electrons. The first-order valence-corrected chi connectivity index (χ1v) is 11.9. The average Bonchev–Trinajstić information content (AvgIpc) is 3.31. The molecule has 2 heterocycles. The van der Waals surface area contributed by atoms with Gasteiger partial charge in [0.15, 0.2) is 5.16 Å². The van der Waals surface area contributed by atoms with Gasteiger partial charge in [0.25, 0.3) is 0 Å². The number of amides is 1. The molecule has 1 amide bonds. The number of benzene rings is 2. The predicted octanol–water partition coefficient (Wildman–Crippen LogP) is 5.00.